The predicted molar refractivity (Wildman–Crippen MR) is 43.0 cm³/mol. The third-order valence-corrected chi connectivity index (χ3v) is 1.89. The van der Waals surface area contributed by atoms with Crippen LogP contribution in [0.5, 0.6) is 0 Å². The molecule has 0 aliphatic heterocycles. The summed E-state index contributed by atoms with van der Waals surface area (Å²) in [6, 6.07) is 0. The zero-order chi connectivity index (χ0) is 8.43. The van der Waals surface area contributed by atoms with Crippen molar-refractivity contribution in [1.82, 2.24) is 0 Å². The molecular formula is C9H14O2. The van der Waals surface area contributed by atoms with Gasteiger partial charge in [-0.15, -0.1) is 0 Å². The maximum Gasteiger partial charge on any atom is 0.309 e. The van der Waals surface area contributed by atoms with Crippen LogP contribution in [0.25, 0.3) is 0 Å². The van der Waals surface area contributed by atoms with Gasteiger partial charge in [-0.1, -0.05) is 11.6 Å². The van der Waals surface area contributed by atoms with E-state index in [1.165, 1.54) is 12.7 Å². The van der Waals surface area contributed by atoms with Gasteiger partial charge in [0.2, 0.25) is 0 Å². The van der Waals surface area contributed by atoms with Crippen molar-refractivity contribution in [2.45, 2.75) is 20.3 Å². The Balaban J connectivity index is 2.38. The first-order valence-corrected chi connectivity index (χ1v) is 3.88. The van der Waals surface area contributed by atoms with Crippen molar-refractivity contribution in [2.75, 3.05) is 7.11 Å². The van der Waals surface area contributed by atoms with Crippen LogP contribution >= 0.6 is 0 Å². The smallest absolute Gasteiger partial charge is 0.309 e. The summed E-state index contributed by atoms with van der Waals surface area (Å²) < 4.78 is 4.62. The molecule has 0 saturated heterocycles. The molecule has 2 nitrogen and oxygen atoms in total. The quantitative estimate of drug-likeness (QED) is 0.447. The lowest BCUT2D eigenvalue weighted by Gasteiger charge is -1.93. The minimum atomic E-state index is -0.0625. The van der Waals surface area contributed by atoms with Crippen molar-refractivity contribution < 1.29 is 9.53 Å². The highest BCUT2D eigenvalue weighted by Gasteiger charge is 2.42. The highest BCUT2D eigenvalue weighted by Crippen LogP contribution is 2.41. The van der Waals surface area contributed by atoms with E-state index in [4.69, 9.17) is 0 Å². The van der Waals surface area contributed by atoms with Crippen LogP contribution in [0.15, 0.2) is 11.6 Å². The molecule has 11 heavy (non-hydrogen) atoms. The number of carbonyl (C=O) groups excluding carboxylic acids is 1. The molecule has 0 N–H and O–H groups in total. The molecule has 0 aromatic carbocycles. The van der Waals surface area contributed by atoms with Gasteiger partial charge in [-0.3, -0.25) is 4.79 Å². The van der Waals surface area contributed by atoms with E-state index < -0.39 is 0 Å². The average molecular weight is 154 g/mol. The summed E-state index contributed by atoms with van der Waals surface area (Å²) in [5.74, 6) is 0.537. The fourth-order valence-electron chi connectivity index (χ4n) is 1.25. The molecule has 1 saturated carbocycles. The largest absolute Gasteiger partial charge is 0.469 e. The fraction of sp³-hybridized carbons (Fsp3) is 0.667. The summed E-state index contributed by atoms with van der Waals surface area (Å²) in [4.78, 5) is 10.9. The van der Waals surface area contributed by atoms with Crippen molar-refractivity contribution in [1.29, 1.82) is 0 Å². The lowest BCUT2D eigenvalue weighted by molar-refractivity contribution is -0.142. The van der Waals surface area contributed by atoms with E-state index in [-0.39, 0.29) is 11.9 Å². The molecule has 1 aliphatic rings. The van der Waals surface area contributed by atoms with E-state index in [2.05, 4.69) is 10.8 Å². The van der Waals surface area contributed by atoms with E-state index in [0.717, 1.165) is 6.42 Å². The van der Waals surface area contributed by atoms with Gasteiger partial charge in [-0.25, -0.2) is 0 Å². The van der Waals surface area contributed by atoms with Gasteiger partial charge >= 0.3 is 5.97 Å². The lowest BCUT2D eigenvalue weighted by atomic mass is 10.2. The highest BCUT2D eigenvalue weighted by molar-refractivity contribution is 5.76. The summed E-state index contributed by atoms with van der Waals surface area (Å²) >= 11 is 0. The molecule has 0 amide bonds. The van der Waals surface area contributed by atoms with Crippen LogP contribution in [-0.2, 0) is 9.53 Å². The Labute approximate surface area is 67.2 Å². The number of methoxy groups -OCH3 is 1. The Hall–Kier alpha value is -0.790. The van der Waals surface area contributed by atoms with Crippen molar-refractivity contribution >= 4 is 5.97 Å². The third-order valence-electron chi connectivity index (χ3n) is 1.89. The zero-order valence-corrected chi connectivity index (χ0v) is 7.26. The Morgan fingerprint density at radius 1 is 1.55 bits per heavy atom. The molecule has 0 bridgehead atoms. The molecule has 0 spiro atoms. The second kappa shape index (κ2) is 3.07. The van der Waals surface area contributed by atoms with Crippen LogP contribution in [0.3, 0.4) is 0 Å². The molecule has 0 aromatic heterocycles. The number of hydrogen-bond donors (Lipinski definition) is 0. The number of allylic oxidation sites excluding steroid dienone is 2. The number of esters is 1. The summed E-state index contributed by atoms with van der Waals surface area (Å²) in [7, 11) is 1.44. The number of hydrogen-bond acceptors (Lipinski definition) is 2. The lowest BCUT2D eigenvalue weighted by Crippen LogP contribution is -2.03. The van der Waals surface area contributed by atoms with E-state index >= 15 is 0 Å². The van der Waals surface area contributed by atoms with Crippen molar-refractivity contribution in [3.8, 4) is 0 Å². The van der Waals surface area contributed by atoms with E-state index in [0.29, 0.717) is 5.92 Å². The van der Waals surface area contributed by atoms with E-state index in [9.17, 15) is 4.79 Å². The van der Waals surface area contributed by atoms with Gasteiger partial charge in [0, 0.05) is 0 Å². The van der Waals surface area contributed by atoms with Crippen LogP contribution in [0.2, 0.25) is 0 Å². The van der Waals surface area contributed by atoms with Crippen molar-refractivity contribution in [2.24, 2.45) is 11.8 Å². The number of ether oxygens (including phenoxy) is 1. The minimum Gasteiger partial charge on any atom is -0.469 e. The first-order valence-electron chi connectivity index (χ1n) is 3.88. The second-order valence-electron chi connectivity index (χ2n) is 3.27. The summed E-state index contributed by atoms with van der Waals surface area (Å²) in [6.07, 6.45) is 3.11. The SMILES string of the molecule is COC(=O)[C@H]1C[C@H]1C=C(C)C. The Morgan fingerprint density at radius 2 is 2.18 bits per heavy atom. The van der Waals surface area contributed by atoms with Crippen molar-refractivity contribution in [3.63, 3.8) is 0 Å². The van der Waals surface area contributed by atoms with Crippen LogP contribution in [0.1, 0.15) is 20.3 Å². The molecular weight excluding hydrogens is 140 g/mol. The maximum atomic E-state index is 10.9. The Morgan fingerprint density at radius 3 is 2.64 bits per heavy atom. The topological polar surface area (TPSA) is 26.3 Å². The average Bonchev–Trinajstić information content (AvgIpc) is 2.65. The van der Waals surface area contributed by atoms with Gasteiger partial charge in [0.25, 0.3) is 0 Å². The first-order chi connectivity index (χ1) is 5.15. The highest BCUT2D eigenvalue weighted by atomic mass is 16.5. The van der Waals surface area contributed by atoms with Gasteiger partial charge < -0.3 is 4.74 Å². The minimum absolute atomic E-state index is 0.0625. The number of carbonyl (C=O) groups is 1. The number of rotatable bonds is 2. The van der Waals surface area contributed by atoms with Gasteiger partial charge in [-0.2, -0.15) is 0 Å². The van der Waals surface area contributed by atoms with Gasteiger partial charge in [0.1, 0.15) is 0 Å². The van der Waals surface area contributed by atoms with Crippen LogP contribution in [0, 0.1) is 11.8 Å². The monoisotopic (exact) mass is 154 g/mol. The van der Waals surface area contributed by atoms with Crippen molar-refractivity contribution in [3.05, 3.63) is 11.6 Å². The first kappa shape index (κ1) is 8.31. The fourth-order valence-corrected chi connectivity index (χ4v) is 1.25. The molecule has 1 aliphatic carbocycles. The zero-order valence-electron chi connectivity index (χ0n) is 7.26. The van der Waals surface area contributed by atoms with Gasteiger partial charge in [-0.05, 0) is 26.2 Å². The van der Waals surface area contributed by atoms with Gasteiger partial charge in [0.15, 0.2) is 0 Å². The molecule has 0 heterocycles. The standard InChI is InChI=1S/C9H14O2/c1-6(2)4-7-5-8(7)9(10)11-3/h4,7-8H,5H2,1-3H3/t7-,8+/m1/s1. The van der Waals surface area contributed by atoms with Crippen LogP contribution in [-0.4, -0.2) is 13.1 Å². The molecule has 0 radical (unpaired) electrons. The van der Waals surface area contributed by atoms with Crippen LogP contribution < -0.4 is 0 Å². The van der Waals surface area contributed by atoms with Gasteiger partial charge in [0.05, 0.1) is 13.0 Å². The molecule has 2 atom stereocenters. The second-order valence-corrected chi connectivity index (χ2v) is 3.27. The predicted octanol–water partition coefficient (Wildman–Crippen LogP) is 1.76. The normalized spacial score (nSPS) is 27.5. The van der Waals surface area contributed by atoms with E-state index in [1.54, 1.807) is 0 Å². The molecule has 1 rings (SSSR count). The summed E-state index contributed by atoms with van der Waals surface area (Å²) in [6.45, 7) is 4.10. The molecule has 1 fully saturated rings. The van der Waals surface area contributed by atoms with Crippen LogP contribution in [0.4, 0.5) is 0 Å². The molecule has 0 aromatic rings. The maximum absolute atomic E-state index is 10.9. The van der Waals surface area contributed by atoms with E-state index in [1.807, 2.05) is 13.8 Å². The molecule has 62 valence electrons. The molecule has 0 unspecified atom stereocenters. The third kappa shape index (κ3) is 2.07. The Kier molecular flexibility index (Phi) is 2.32. The molecule has 2 heteroatoms. The Bertz CT molecular complexity index is 190. The summed E-state index contributed by atoms with van der Waals surface area (Å²) in [5.41, 5.74) is 1.28. The summed E-state index contributed by atoms with van der Waals surface area (Å²) in [5, 5.41) is 0.